The number of carbonyl (C=O) groups is 1. The highest BCUT2D eigenvalue weighted by molar-refractivity contribution is 5.62. The number of carbonyl (C=O) groups excluding carboxylic acids is 1. The highest BCUT2D eigenvalue weighted by Crippen LogP contribution is 2.34. The summed E-state index contributed by atoms with van der Waals surface area (Å²) in [5.74, 6) is 0. The Balaban J connectivity index is 1.68. The lowest BCUT2D eigenvalue weighted by molar-refractivity contribution is 0.0166. The van der Waals surface area contributed by atoms with Crippen molar-refractivity contribution in [3.8, 4) is 0 Å². The monoisotopic (exact) mass is 506 g/mol. The van der Waals surface area contributed by atoms with Crippen molar-refractivity contribution >= 4 is 6.16 Å². The second kappa shape index (κ2) is 11.3. The van der Waals surface area contributed by atoms with E-state index in [1.807, 2.05) is 84.9 Å². The molecule has 0 amide bonds. The summed E-state index contributed by atoms with van der Waals surface area (Å²) in [5, 5.41) is 0. The molecule has 0 heterocycles. The molecule has 0 aliphatic carbocycles. The SMILES string of the molecule is CC(C)(C)c1cccc(C(OC(=O)OC(c2ccccc2)c2cccc(C(C)(C)C)c2)c2ccccc2)c1. The predicted molar refractivity (Wildman–Crippen MR) is 154 cm³/mol. The minimum atomic E-state index is -0.713. The largest absolute Gasteiger partial charge is 0.510 e. The van der Waals surface area contributed by atoms with Crippen LogP contribution in [0.3, 0.4) is 0 Å². The van der Waals surface area contributed by atoms with Gasteiger partial charge in [0.1, 0.15) is 0 Å². The highest BCUT2D eigenvalue weighted by Gasteiger charge is 2.27. The first-order valence-corrected chi connectivity index (χ1v) is 13.2. The van der Waals surface area contributed by atoms with Crippen LogP contribution in [0.4, 0.5) is 4.79 Å². The molecule has 2 unspecified atom stereocenters. The third-order valence-corrected chi connectivity index (χ3v) is 6.74. The van der Waals surface area contributed by atoms with E-state index in [0.717, 1.165) is 22.3 Å². The third kappa shape index (κ3) is 6.72. The van der Waals surface area contributed by atoms with Crippen LogP contribution >= 0.6 is 0 Å². The van der Waals surface area contributed by atoms with Gasteiger partial charge in [-0.3, -0.25) is 0 Å². The van der Waals surface area contributed by atoms with Crippen molar-refractivity contribution in [3.05, 3.63) is 143 Å². The van der Waals surface area contributed by atoms with Crippen molar-refractivity contribution in [1.29, 1.82) is 0 Å². The molecule has 0 radical (unpaired) electrons. The lowest BCUT2D eigenvalue weighted by Crippen LogP contribution is -2.19. The molecule has 0 N–H and O–H groups in total. The zero-order valence-electron chi connectivity index (χ0n) is 23.3. The summed E-state index contributed by atoms with van der Waals surface area (Å²) in [6.07, 6.45) is -1.90. The van der Waals surface area contributed by atoms with Gasteiger partial charge in [-0.1, -0.05) is 151 Å². The summed E-state index contributed by atoms with van der Waals surface area (Å²) in [7, 11) is 0. The summed E-state index contributed by atoms with van der Waals surface area (Å²) in [5.41, 5.74) is 5.88. The molecule has 0 fully saturated rings. The molecular weight excluding hydrogens is 468 g/mol. The molecule has 0 aromatic heterocycles. The third-order valence-electron chi connectivity index (χ3n) is 6.74. The van der Waals surface area contributed by atoms with Gasteiger partial charge in [-0.2, -0.15) is 0 Å². The van der Waals surface area contributed by atoms with Gasteiger partial charge in [0.25, 0.3) is 0 Å². The second-order valence-corrected chi connectivity index (χ2v) is 11.8. The fourth-order valence-electron chi connectivity index (χ4n) is 4.47. The van der Waals surface area contributed by atoms with E-state index in [-0.39, 0.29) is 10.8 Å². The van der Waals surface area contributed by atoms with E-state index in [0.29, 0.717) is 0 Å². The smallest absolute Gasteiger partial charge is 0.421 e. The molecule has 4 aromatic carbocycles. The molecule has 4 aromatic rings. The van der Waals surface area contributed by atoms with E-state index >= 15 is 0 Å². The average molecular weight is 507 g/mol. The van der Waals surface area contributed by atoms with Crippen molar-refractivity contribution in [3.63, 3.8) is 0 Å². The van der Waals surface area contributed by atoms with E-state index in [9.17, 15) is 4.79 Å². The van der Waals surface area contributed by atoms with Crippen molar-refractivity contribution in [2.45, 2.75) is 64.6 Å². The molecule has 3 heteroatoms. The molecule has 0 bridgehead atoms. The van der Waals surface area contributed by atoms with E-state index < -0.39 is 18.4 Å². The van der Waals surface area contributed by atoms with Crippen molar-refractivity contribution in [1.82, 2.24) is 0 Å². The zero-order valence-corrected chi connectivity index (χ0v) is 23.3. The summed E-state index contributed by atoms with van der Waals surface area (Å²) in [6.45, 7) is 13.1. The molecular formula is C35H38O3. The standard InChI is InChI=1S/C35H38O3/c1-34(2,3)29-21-13-19-27(23-29)31(25-15-9-7-10-16-25)37-33(36)38-32(26-17-11-8-12-18-26)28-20-14-22-30(24-28)35(4,5)6/h7-24,31-32H,1-6H3. The lowest BCUT2D eigenvalue weighted by atomic mass is 9.85. The maximum Gasteiger partial charge on any atom is 0.510 e. The second-order valence-electron chi connectivity index (χ2n) is 11.8. The number of rotatable bonds is 6. The van der Waals surface area contributed by atoms with Crippen molar-refractivity contribution in [2.24, 2.45) is 0 Å². The Kier molecular flexibility index (Phi) is 8.06. The fraction of sp³-hybridized carbons (Fsp3) is 0.286. The van der Waals surface area contributed by atoms with Crippen LogP contribution in [0.25, 0.3) is 0 Å². The van der Waals surface area contributed by atoms with Crippen LogP contribution < -0.4 is 0 Å². The Morgan fingerprint density at radius 2 is 0.842 bits per heavy atom. The van der Waals surface area contributed by atoms with Gasteiger partial charge in [-0.05, 0) is 44.2 Å². The van der Waals surface area contributed by atoms with Gasteiger partial charge in [-0.25, -0.2) is 4.79 Å². The zero-order chi connectivity index (χ0) is 27.3. The summed E-state index contributed by atoms with van der Waals surface area (Å²) in [4.78, 5) is 13.5. The molecule has 0 aliphatic heterocycles. The molecule has 4 rings (SSSR count). The topological polar surface area (TPSA) is 35.5 Å². The molecule has 38 heavy (non-hydrogen) atoms. The van der Waals surface area contributed by atoms with E-state index in [1.165, 1.54) is 11.1 Å². The summed E-state index contributed by atoms with van der Waals surface area (Å²) >= 11 is 0. The predicted octanol–water partition coefficient (Wildman–Crippen LogP) is 9.31. The van der Waals surface area contributed by atoms with E-state index in [2.05, 4.69) is 65.8 Å². The van der Waals surface area contributed by atoms with Crippen molar-refractivity contribution < 1.29 is 14.3 Å². The Labute approximate surface area is 227 Å². The minimum absolute atomic E-state index is 0.0335. The van der Waals surface area contributed by atoms with Crippen LogP contribution in [0.2, 0.25) is 0 Å². The quantitative estimate of drug-likeness (QED) is 0.244. The molecule has 0 saturated carbocycles. The van der Waals surface area contributed by atoms with Crippen LogP contribution in [0.5, 0.6) is 0 Å². The van der Waals surface area contributed by atoms with Gasteiger partial charge in [0, 0.05) is 0 Å². The first-order chi connectivity index (χ1) is 18.0. The molecule has 0 aliphatic rings. The van der Waals surface area contributed by atoms with Gasteiger partial charge >= 0.3 is 6.16 Å². The van der Waals surface area contributed by atoms with Crippen molar-refractivity contribution in [2.75, 3.05) is 0 Å². The van der Waals surface area contributed by atoms with Crippen LogP contribution in [0, 0.1) is 0 Å². The Hall–Kier alpha value is -3.85. The number of hydrogen-bond donors (Lipinski definition) is 0. The Morgan fingerprint density at radius 1 is 0.500 bits per heavy atom. The van der Waals surface area contributed by atoms with Gasteiger partial charge < -0.3 is 9.47 Å². The highest BCUT2D eigenvalue weighted by atomic mass is 16.7. The van der Waals surface area contributed by atoms with Gasteiger partial charge in [-0.15, -0.1) is 0 Å². The van der Waals surface area contributed by atoms with Crippen LogP contribution in [0.15, 0.2) is 109 Å². The van der Waals surface area contributed by atoms with Gasteiger partial charge in [0.2, 0.25) is 0 Å². The minimum Gasteiger partial charge on any atom is -0.421 e. The number of hydrogen-bond acceptors (Lipinski definition) is 3. The molecule has 0 saturated heterocycles. The average Bonchev–Trinajstić information content (AvgIpc) is 2.90. The normalized spacial score (nSPS) is 13.4. The fourth-order valence-corrected chi connectivity index (χ4v) is 4.47. The van der Waals surface area contributed by atoms with Gasteiger partial charge in [0.15, 0.2) is 12.2 Å². The maximum atomic E-state index is 13.5. The van der Waals surface area contributed by atoms with Crippen LogP contribution in [0.1, 0.15) is 87.1 Å². The summed E-state index contributed by atoms with van der Waals surface area (Å²) in [6, 6.07) is 36.1. The lowest BCUT2D eigenvalue weighted by Gasteiger charge is -2.25. The Morgan fingerprint density at radius 3 is 1.18 bits per heavy atom. The Bertz CT molecular complexity index is 1240. The molecule has 2 atom stereocenters. The van der Waals surface area contributed by atoms with Crippen LogP contribution in [-0.4, -0.2) is 6.16 Å². The maximum absolute atomic E-state index is 13.5. The van der Waals surface area contributed by atoms with Gasteiger partial charge in [0.05, 0.1) is 0 Å². The first-order valence-electron chi connectivity index (χ1n) is 13.2. The van der Waals surface area contributed by atoms with Crippen LogP contribution in [-0.2, 0) is 20.3 Å². The van der Waals surface area contributed by atoms with E-state index in [4.69, 9.17) is 9.47 Å². The van der Waals surface area contributed by atoms with E-state index in [1.54, 1.807) is 0 Å². The number of benzene rings is 4. The number of ether oxygens (including phenoxy) is 2. The molecule has 196 valence electrons. The first kappa shape index (κ1) is 27.2. The molecule has 3 nitrogen and oxygen atoms in total. The molecule has 0 spiro atoms. The summed E-state index contributed by atoms with van der Waals surface area (Å²) < 4.78 is 12.2.